The molecule has 0 atom stereocenters. The van der Waals surface area contributed by atoms with Gasteiger partial charge >= 0.3 is 0 Å². The van der Waals surface area contributed by atoms with Gasteiger partial charge < -0.3 is 10.1 Å². The highest BCUT2D eigenvalue weighted by atomic mass is 32.2. The van der Waals surface area contributed by atoms with E-state index in [0.717, 1.165) is 28.1 Å². The van der Waals surface area contributed by atoms with Crippen LogP contribution in [0.4, 0.5) is 5.82 Å². The minimum atomic E-state index is 0.394. The number of aromatic nitrogens is 4. The molecule has 0 spiro atoms. The summed E-state index contributed by atoms with van der Waals surface area (Å²) in [5.41, 5.74) is 1.70. The van der Waals surface area contributed by atoms with Gasteiger partial charge in [-0.1, -0.05) is 18.3 Å². The van der Waals surface area contributed by atoms with Crippen LogP contribution in [-0.2, 0) is 11.3 Å². The lowest BCUT2D eigenvalue weighted by Gasteiger charge is -2.08. The van der Waals surface area contributed by atoms with E-state index in [1.54, 1.807) is 12.6 Å². The molecule has 0 aliphatic carbocycles. The standard InChI is InChI=1S/C11H15N5OS2/c1-3-4-12-8-5-10(15-9(14-8)6-17-2)19-11-16-13-7-18-11/h5,7H,3-4,6H2,1-2H3,(H,12,14,15). The van der Waals surface area contributed by atoms with E-state index in [9.17, 15) is 0 Å². The third kappa shape index (κ3) is 4.41. The average molecular weight is 297 g/mol. The SMILES string of the molecule is CCCNc1cc(Sc2nncs2)nc(COC)n1. The third-order valence-corrected chi connectivity index (χ3v) is 3.81. The fraction of sp³-hybridized carbons (Fsp3) is 0.455. The van der Waals surface area contributed by atoms with Crippen LogP contribution in [0.5, 0.6) is 0 Å². The number of rotatable bonds is 7. The third-order valence-electron chi connectivity index (χ3n) is 2.11. The first-order chi connectivity index (χ1) is 9.31. The molecular weight excluding hydrogens is 282 g/mol. The van der Waals surface area contributed by atoms with Crippen LogP contribution in [0.15, 0.2) is 20.9 Å². The van der Waals surface area contributed by atoms with Crippen molar-refractivity contribution in [1.29, 1.82) is 0 Å². The minimum absolute atomic E-state index is 0.394. The summed E-state index contributed by atoms with van der Waals surface area (Å²) >= 11 is 2.97. The smallest absolute Gasteiger partial charge is 0.180 e. The van der Waals surface area contributed by atoms with Crippen LogP contribution < -0.4 is 5.32 Å². The van der Waals surface area contributed by atoms with Gasteiger partial charge in [-0.05, 0) is 18.2 Å². The first-order valence-electron chi connectivity index (χ1n) is 5.86. The quantitative estimate of drug-likeness (QED) is 0.787. The molecule has 2 rings (SSSR count). The van der Waals surface area contributed by atoms with Crippen molar-refractivity contribution in [3.8, 4) is 0 Å². The maximum absolute atomic E-state index is 5.09. The molecule has 6 nitrogen and oxygen atoms in total. The van der Waals surface area contributed by atoms with Gasteiger partial charge in [0.2, 0.25) is 0 Å². The van der Waals surface area contributed by atoms with E-state index in [4.69, 9.17) is 4.74 Å². The van der Waals surface area contributed by atoms with Crippen LogP contribution in [0.2, 0.25) is 0 Å². The number of ether oxygens (including phenoxy) is 1. The predicted octanol–water partition coefficient (Wildman–Crippen LogP) is 2.45. The van der Waals surface area contributed by atoms with E-state index in [1.807, 2.05) is 6.07 Å². The molecule has 0 bridgehead atoms. The van der Waals surface area contributed by atoms with Crippen LogP contribution in [-0.4, -0.2) is 33.8 Å². The Labute approximate surface area is 120 Å². The van der Waals surface area contributed by atoms with E-state index in [2.05, 4.69) is 32.4 Å². The second kappa shape index (κ2) is 7.37. The number of hydrogen-bond donors (Lipinski definition) is 1. The fourth-order valence-corrected chi connectivity index (χ4v) is 2.80. The number of methoxy groups -OCH3 is 1. The van der Waals surface area contributed by atoms with Crippen molar-refractivity contribution < 1.29 is 4.74 Å². The molecule has 19 heavy (non-hydrogen) atoms. The van der Waals surface area contributed by atoms with Gasteiger partial charge in [-0.25, -0.2) is 9.97 Å². The van der Waals surface area contributed by atoms with Gasteiger partial charge in [0.15, 0.2) is 10.2 Å². The highest BCUT2D eigenvalue weighted by Gasteiger charge is 2.08. The van der Waals surface area contributed by atoms with E-state index in [-0.39, 0.29) is 0 Å². The first kappa shape index (κ1) is 14.2. The Morgan fingerprint density at radius 1 is 1.42 bits per heavy atom. The molecule has 0 amide bonds. The Hall–Kier alpha value is -1.25. The lowest BCUT2D eigenvalue weighted by molar-refractivity contribution is 0.177. The topological polar surface area (TPSA) is 72.8 Å². The molecule has 0 radical (unpaired) electrons. The van der Waals surface area contributed by atoms with Crippen LogP contribution in [0.3, 0.4) is 0 Å². The molecule has 2 aromatic heterocycles. The fourth-order valence-electron chi connectivity index (χ4n) is 1.36. The summed E-state index contributed by atoms with van der Waals surface area (Å²) in [6.45, 7) is 3.39. The first-order valence-corrected chi connectivity index (χ1v) is 7.56. The normalized spacial score (nSPS) is 10.6. The summed E-state index contributed by atoms with van der Waals surface area (Å²) in [5, 5.41) is 11.9. The van der Waals surface area contributed by atoms with E-state index in [0.29, 0.717) is 12.4 Å². The number of anilines is 1. The van der Waals surface area contributed by atoms with Gasteiger partial charge in [0, 0.05) is 19.7 Å². The molecular formula is C11H15N5OS2. The Balaban J connectivity index is 2.17. The molecule has 2 aromatic rings. The summed E-state index contributed by atoms with van der Waals surface area (Å²) in [7, 11) is 1.63. The molecule has 0 aromatic carbocycles. The van der Waals surface area contributed by atoms with Crippen molar-refractivity contribution in [3.05, 3.63) is 17.4 Å². The zero-order chi connectivity index (χ0) is 13.5. The van der Waals surface area contributed by atoms with Gasteiger partial charge in [-0.15, -0.1) is 10.2 Å². The highest BCUT2D eigenvalue weighted by Crippen LogP contribution is 2.28. The van der Waals surface area contributed by atoms with E-state index < -0.39 is 0 Å². The van der Waals surface area contributed by atoms with Crippen molar-refractivity contribution in [3.63, 3.8) is 0 Å². The van der Waals surface area contributed by atoms with Crippen molar-refractivity contribution >= 4 is 28.9 Å². The molecule has 0 saturated heterocycles. The molecule has 0 aliphatic rings. The minimum Gasteiger partial charge on any atom is -0.377 e. The summed E-state index contributed by atoms with van der Waals surface area (Å²) < 4.78 is 5.95. The van der Waals surface area contributed by atoms with Crippen LogP contribution >= 0.6 is 23.1 Å². The number of nitrogens with zero attached hydrogens (tertiary/aromatic N) is 4. The van der Waals surface area contributed by atoms with E-state index in [1.165, 1.54) is 23.1 Å². The largest absolute Gasteiger partial charge is 0.377 e. The second-order valence-electron chi connectivity index (χ2n) is 3.67. The van der Waals surface area contributed by atoms with Crippen molar-refractivity contribution in [2.24, 2.45) is 0 Å². The maximum Gasteiger partial charge on any atom is 0.180 e. The lowest BCUT2D eigenvalue weighted by atomic mass is 10.4. The molecule has 0 fully saturated rings. The molecule has 8 heteroatoms. The van der Waals surface area contributed by atoms with Crippen molar-refractivity contribution in [2.75, 3.05) is 19.0 Å². The van der Waals surface area contributed by atoms with Crippen molar-refractivity contribution in [2.45, 2.75) is 29.3 Å². The average Bonchev–Trinajstić information content (AvgIpc) is 2.89. The highest BCUT2D eigenvalue weighted by molar-refractivity contribution is 8.00. The summed E-state index contributed by atoms with van der Waals surface area (Å²) in [6.07, 6.45) is 1.04. The summed E-state index contributed by atoms with van der Waals surface area (Å²) in [5.74, 6) is 1.48. The van der Waals surface area contributed by atoms with Crippen molar-refractivity contribution in [1.82, 2.24) is 20.2 Å². The van der Waals surface area contributed by atoms with Crippen LogP contribution in [0.1, 0.15) is 19.2 Å². The number of hydrogen-bond acceptors (Lipinski definition) is 8. The van der Waals surface area contributed by atoms with Gasteiger partial charge in [0.1, 0.15) is 23.0 Å². The zero-order valence-corrected chi connectivity index (χ0v) is 12.4. The van der Waals surface area contributed by atoms with Gasteiger partial charge in [-0.2, -0.15) is 0 Å². The van der Waals surface area contributed by atoms with Gasteiger partial charge in [0.25, 0.3) is 0 Å². The molecule has 0 saturated carbocycles. The molecule has 0 unspecified atom stereocenters. The predicted molar refractivity (Wildman–Crippen MR) is 75.6 cm³/mol. The van der Waals surface area contributed by atoms with Gasteiger partial charge in [0.05, 0.1) is 0 Å². The summed E-state index contributed by atoms with van der Waals surface area (Å²) in [6, 6.07) is 1.92. The molecule has 102 valence electrons. The lowest BCUT2D eigenvalue weighted by Crippen LogP contribution is -2.06. The Kier molecular flexibility index (Phi) is 5.49. The summed E-state index contributed by atoms with van der Waals surface area (Å²) in [4.78, 5) is 8.83. The Bertz CT molecular complexity index is 506. The van der Waals surface area contributed by atoms with Crippen LogP contribution in [0, 0.1) is 0 Å². The molecule has 0 aliphatic heterocycles. The van der Waals surface area contributed by atoms with Crippen LogP contribution in [0.25, 0.3) is 0 Å². The molecule has 2 heterocycles. The molecule has 1 N–H and O–H groups in total. The second-order valence-corrected chi connectivity index (χ2v) is 5.77. The Morgan fingerprint density at radius 2 is 2.32 bits per heavy atom. The van der Waals surface area contributed by atoms with E-state index >= 15 is 0 Å². The monoisotopic (exact) mass is 297 g/mol. The number of nitrogens with one attached hydrogen (secondary N) is 1. The maximum atomic E-state index is 5.09. The van der Waals surface area contributed by atoms with Gasteiger partial charge in [-0.3, -0.25) is 0 Å². The zero-order valence-electron chi connectivity index (χ0n) is 10.8. The Morgan fingerprint density at radius 3 is 3.00 bits per heavy atom.